The van der Waals surface area contributed by atoms with Crippen LogP contribution in [-0.4, -0.2) is 12.6 Å². The molecule has 1 nitrogen and oxygen atoms in total. The second kappa shape index (κ2) is 5.77. The second-order valence-corrected chi connectivity index (χ2v) is 5.58. The van der Waals surface area contributed by atoms with Crippen LogP contribution in [0.1, 0.15) is 18.4 Å². The molecule has 0 aliphatic carbocycles. The summed E-state index contributed by atoms with van der Waals surface area (Å²) in [4.78, 5) is 0. The molecule has 0 radical (unpaired) electrons. The zero-order valence-electron chi connectivity index (χ0n) is 10.9. The van der Waals surface area contributed by atoms with Crippen LogP contribution in [0.2, 0.25) is 5.02 Å². The van der Waals surface area contributed by atoms with E-state index in [0.717, 1.165) is 18.0 Å². The summed E-state index contributed by atoms with van der Waals surface area (Å²) in [5.74, 6) is 0. The summed E-state index contributed by atoms with van der Waals surface area (Å²) in [6.45, 7) is 1.14. The summed E-state index contributed by atoms with van der Waals surface area (Å²) < 4.78 is 0. The van der Waals surface area contributed by atoms with Gasteiger partial charge in [-0.3, -0.25) is 0 Å². The molecule has 1 heterocycles. The van der Waals surface area contributed by atoms with Gasteiger partial charge in [0, 0.05) is 11.1 Å². The normalized spacial score (nSPS) is 18.7. The van der Waals surface area contributed by atoms with Crippen LogP contribution >= 0.6 is 11.6 Å². The SMILES string of the molecule is Clc1cc(-c2ccccc2)ccc1CC1CCCN1. The highest BCUT2D eigenvalue weighted by atomic mass is 35.5. The fourth-order valence-electron chi connectivity index (χ4n) is 2.72. The molecule has 2 heteroatoms. The van der Waals surface area contributed by atoms with E-state index < -0.39 is 0 Å². The number of hydrogen-bond donors (Lipinski definition) is 1. The van der Waals surface area contributed by atoms with Crippen molar-refractivity contribution in [2.75, 3.05) is 6.54 Å². The van der Waals surface area contributed by atoms with Crippen molar-refractivity contribution < 1.29 is 0 Å². The van der Waals surface area contributed by atoms with Gasteiger partial charge in [0.25, 0.3) is 0 Å². The first-order chi connectivity index (χ1) is 9.33. The van der Waals surface area contributed by atoms with Crippen molar-refractivity contribution >= 4 is 11.6 Å². The quantitative estimate of drug-likeness (QED) is 0.878. The predicted octanol–water partition coefficient (Wildman–Crippen LogP) is 4.30. The molecule has 1 atom stereocenters. The molecule has 1 N–H and O–H groups in total. The van der Waals surface area contributed by atoms with Crippen molar-refractivity contribution in [3.05, 3.63) is 59.1 Å². The Morgan fingerprint density at radius 3 is 2.58 bits per heavy atom. The summed E-state index contributed by atoms with van der Waals surface area (Å²) in [7, 11) is 0. The molecule has 0 bridgehead atoms. The maximum Gasteiger partial charge on any atom is 0.0444 e. The summed E-state index contributed by atoms with van der Waals surface area (Å²) in [6.07, 6.45) is 3.58. The van der Waals surface area contributed by atoms with Crippen molar-refractivity contribution in [2.45, 2.75) is 25.3 Å². The minimum atomic E-state index is 0.597. The van der Waals surface area contributed by atoms with Gasteiger partial charge in [-0.2, -0.15) is 0 Å². The molecule has 2 aromatic rings. The molecule has 1 fully saturated rings. The van der Waals surface area contributed by atoms with E-state index >= 15 is 0 Å². The molecule has 2 aromatic carbocycles. The van der Waals surface area contributed by atoms with Crippen LogP contribution in [0.15, 0.2) is 48.5 Å². The molecule has 1 unspecified atom stereocenters. The Labute approximate surface area is 119 Å². The monoisotopic (exact) mass is 271 g/mol. The topological polar surface area (TPSA) is 12.0 Å². The minimum Gasteiger partial charge on any atom is -0.314 e. The van der Waals surface area contributed by atoms with Crippen molar-refractivity contribution in [1.29, 1.82) is 0 Å². The largest absolute Gasteiger partial charge is 0.314 e. The van der Waals surface area contributed by atoms with E-state index in [1.54, 1.807) is 0 Å². The minimum absolute atomic E-state index is 0.597. The van der Waals surface area contributed by atoms with Crippen LogP contribution in [0.25, 0.3) is 11.1 Å². The number of halogens is 1. The molecule has 0 aromatic heterocycles. The molecule has 0 spiro atoms. The van der Waals surface area contributed by atoms with Crippen LogP contribution in [0.3, 0.4) is 0 Å². The molecule has 3 rings (SSSR count). The van der Waals surface area contributed by atoms with Crippen molar-refractivity contribution in [2.24, 2.45) is 0 Å². The highest BCUT2D eigenvalue weighted by Gasteiger charge is 2.15. The third-order valence-corrected chi connectivity index (χ3v) is 4.14. The average molecular weight is 272 g/mol. The number of hydrogen-bond acceptors (Lipinski definition) is 1. The second-order valence-electron chi connectivity index (χ2n) is 5.17. The number of nitrogens with one attached hydrogen (secondary N) is 1. The van der Waals surface area contributed by atoms with Crippen LogP contribution < -0.4 is 5.32 Å². The molecule has 19 heavy (non-hydrogen) atoms. The Bertz CT molecular complexity index is 544. The number of benzene rings is 2. The van der Waals surface area contributed by atoms with Crippen molar-refractivity contribution in [1.82, 2.24) is 5.32 Å². The van der Waals surface area contributed by atoms with Gasteiger partial charge in [-0.15, -0.1) is 0 Å². The van der Waals surface area contributed by atoms with Crippen molar-refractivity contribution in [3.63, 3.8) is 0 Å². The van der Waals surface area contributed by atoms with E-state index in [9.17, 15) is 0 Å². The van der Waals surface area contributed by atoms with E-state index in [1.807, 2.05) is 6.07 Å². The third kappa shape index (κ3) is 2.99. The van der Waals surface area contributed by atoms with E-state index in [1.165, 1.54) is 29.5 Å². The molecule has 1 aliphatic heterocycles. The molecular weight excluding hydrogens is 254 g/mol. The Morgan fingerprint density at radius 2 is 1.89 bits per heavy atom. The molecule has 1 saturated heterocycles. The van der Waals surface area contributed by atoms with Gasteiger partial charge in [-0.05, 0) is 48.6 Å². The maximum absolute atomic E-state index is 6.43. The zero-order valence-corrected chi connectivity index (χ0v) is 11.7. The lowest BCUT2D eigenvalue weighted by molar-refractivity contribution is 0.603. The predicted molar refractivity (Wildman–Crippen MR) is 81.6 cm³/mol. The van der Waals surface area contributed by atoms with E-state index in [-0.39, 0.29) is 0 Å². The van der Waals surface area contributed by atoms with Gasteiger partial charge in [0.2, 0.25) is 0 Å². The lowest BCUT2D eigenvalue weighted by atomic mass is 10.00. The van der Waals surface area contributed by atoms with Crippen LogP contribution in [0.5, 0.6) is 0 Å². The van der Waals surface area contributed by atoms with Gasteiger partial charge in [-0.1, -0.05) is 54.1 Å². The van der Waals surface area contributed by atoms with Gasteiger partial charge in [-0.25, -0.2) is 0 Å². The average Bonchev–Trinajstić information content (AvgIpc) is 2.95. The lowest BCUT2D eigenvalue weighted by Gasteiger charge is -2.12. The fraction of sp³-hybridized carbons (Fsp3) is 0.294. The Morgan fingerprint density at radius 1 is 1.05 bits per heavy atom. The Balaban J connectivity index is 1.81. The van der Waals surface area contributed by atoms with Crippen molar-refractivity contribution in [3.8, 4) is 11.1 Å². The van der Waals surface area contributed by atoms with E-state index in [0.29, 0.717) is 6.04 Å². The Kier molecular flexibility index (Phi) is 3.86. The Hall–Kier alpha value is -1.31. The number of rotatable bonds is 3. The molecule has 1 aliphatic rings. The third-order valence-electron chi connectivity index (χ3n) is 3.79. The first kappa shape index (κ1) is 12.7. The molecule has 0 saturated carbocycles. The zero-order chi connectivity index (χ0) is 13.1. The van der Waals surface area contributed by atoms with Crippen LogP contribution in [-0.2, 0) is 6.42 Å². The van der Waals surface area contributed by atoms with Gasteiger partial charge in [0.15, 0.2) is 0 Å². The van der Waals surface area contributed by atoms with Crippen LogP contribution in [0, 0.1) is 0 Å². The van der Waals surface area contributed by atoms with Crippen LogP contribution in [0.4, 0.5) is 0 Å². The first-order valence-electron chi connectivity index (χ1n) is 6.90. The molecule has 98 valence electrons. The maximum atomic E-state index is 6.43. The summed E-state index contributed by atoms with van der Waals surface area (Å²) >= 11 is 6.43. The van der Waals surface area contributed by atoms with E-state index in [4.69, 9.17) is 11.6 Å². The highest BCUT2D eigenvalue weighted by Crippen LogP contribution is 2.27. The highest BCUT2D eigenvalue weighted by molar-refractivity contribution is 6.31. The summed E-state index contributed by atoms with van der Waals surface area (Å²) in [6, 6.07) is 17.4. The molecule has 0 amide bonds. The summed E-state index contributed by atoms with van der Waals surface area (Å²) in [5, 5.41) is 4.40. The van der Waals surface area contributed by atoms with Gasteiger partial charge in [0.1, 0.15) is 0 Å². The summed E-state index contributed by atoms with van der Waals surface area (Å²) in [5.41, 5.74) is 3.66. The van der Waals surface area contributed by atoms with Gasteiger partial charge in [0.05, 0.1) is 0 Å². The van der Waals surface area contributed by atoms with Gasteiger partial charge < -0.3 is 5.32 Å². The smallest absolute Gasteiger partial charge is 0.0444 e. The lowest BCUT2D eigenvalue weighted by Crippen LogP contribution is -2.23. The first-order valence-corrected chi connectivity index (χ1v) is 7.28. The standard InChI is InChI=1S/C17H18ClN/c18-17-12-14(13-5-2-1-3-6-13)8-9-15(17)11-16-7-4-10-19-16/h1-3,5-6,8-9,12,16,19H,4,7,10-11H2. The molecular formula is C17H18ClN. The van der Waals surface area contributed by atoms with Gasteiger partial charge >= 0.3 is 0 Å². The van der Waals surface area contributed by atoms with E-state index in [2.05, 4.69) is 47.8 Å². The fourth-order valence-corrected chi connectivity index (χ4v) is 2.98.